The third-order valence-corrected chi connectivity index (χ3v) is 6.80. The van der Waals surface area contributed by atoms with E-state index in [0.717, 1.165) is 10.6 Å². The molecule has 0 spiro atoms. The lowest BCUT2D eigenvalue weighted by atomic mass is 10.0. The van der Waals surface area contributed by atoms with Gasteiger partial charge in [0.15, 0.2) is 11.5 Å². The second-order valence-electron chi connectivity index (χ2n) is 8.15. The number of hydrazone groups is 1. The number of nitrogens with zero attached hydrogens (tertiary/aromatic N) is 3. The molecule has 0 radical (unpaired) electrons. The summed E-state index contributed by atoms with van der Waals surface area (Å²) in [7, 11) is 3.13. The smallest absolute Gasteiger partial charge is 0.431 e. The summed E-state index contributed by atoms with van der Waals surface area (Å²) >= 11 is 1.34. The fourth-order valence-corrected chi connectivity index (χ4v) is 4.77. The van der Waals surface area contributed by atoms with Gasteiger partial charge >= 0.3 is 6.09 Å². The lowest BCUT2D eigenvalue weighted by Gasteiger charge is -2.30. The fourth-order valence-electron chi connectivity index (χ4n) is 3.95. The third-order valence-electron chi connectivity index (χ3n) is 5.73. The summed E-state index contributed by atoms with van der Waals surface area (Å²) in [4.78, 5) is 30.6. The molecule has 0 saturated carbocycles. The number of thiazole rings is 1. The Labute approximate surface area is 213 Å². The van der Waals surface area contributed by atoms with Crippen LogP contribution in [0.5, 0.6) is 11.5 Å². The zero-order valence-corrected chi connectivity index (χ0v) is 21.6. The Balaban J connectivity index is 1.63. The number of anilines is 1. The standard InChI is InChI=1S/C26H28N4O5S/c1-6-20-23(17-11-12-21(33-4)22(13-17)34-5)29-30(26(32)35-20)14-18-9-7-8-10-19(18)28-25(31)24-15(2)27-16(3)36-24/h7-13,20H,6,14H2,1-5H3,(H,28,31). The SMILES string of the molecule is CCC1OC(=O)N(Cc2ccccc2NC(=O)c2sc(C)nc2C)N=C1c1ccc(OC)c(OC)c1. The number of carbonyl (C=O) groups is 2. The molecule has 1 N–H and O–H groups in total. The molecular weight excluding hydrogens is 480 g/mol. The molecule has 0 fully saturated rings. The van der Waals surface area contributed by atoms with Crippen molar-refractivity contribution in [3.8, 4) is 11.5 Å². The highest BCUT2D eigenvalue weighted by Crippen LogP contribution is 2.30. The second-order valence-corrected chi connectivity index (χ2v) is 9.36. The number of hydrogen-bond acceptors (Lipinski definition) is 8. The van der Waals surface area contributed by atoms with Crippen LogP contribution in [0.3, 0.4) is 0 Å². The molecule has 2 heterocycles. The van der Waals surface area contributed by atoms with Gasteiger partial charge in [0.05, 0.1) is 31.5 Å². The molecule has 1 aliphatic rings. The minimum absolute atomic E-state index is 0.114. The predicted octanol–water partition coefficient (Wildman–Crippen LogP) is 5.16. The van der Waals surface area contributed by atoms with Crippen LogP contribution in [-0.4, -0.2) is 48.0 Å². The number of carbonyl (C=O) groups excluding carboxylic acids is 2. The lowest BCUT2D eigenvalue weighted by molar-refractivity contribution is 0.0713. The Hall–Kier alpha value is -3.92. The van der Waals surface area contributed by atoms with Gasteiger partial charge in [-0.3, -0.25) is 4.79 Å². The molecule has 188 valence electrons. The molecule has 1 unspecified atom stereocenters. The molecule has 3 aromatic rings. The third kappa shape index (κ3) is 5.18. The first-order valence-corrected chi connectivity index (χ1v) is 12.3. The normalized spacial score (nSPS) is 15.2. The van der Waals surface area contributed by atoms with Gasteiger partial charge in [0.1, 0.15) is 16.7 Å². The van der Waals surface area contributed by atoms with E-state index in [-0.39, 0.29) is 12.5 Å². The van der Waals surface area contributed by atoms with E-state index in [9.17, 15) is 9.59 Å². The molecule has 9 nitrogen and oxygen atoms in total. The van der Waals surface area contributed by atoms with Crippen LogP contribution in [0.25, 0.3) is 0 Å². The number of hydrogen-bond donors (Lipinski definition) is 1. The van der Waals surface area contributed by atoms with Crippen LogP contribution < -0.4 is 14.8 Å². The van der Waals surface area contributed by atoms with Gasteiger partial charge < -0.3 is 19.5 Å². The number of rotatable bonds is 8. The van der Waals surface area contributed by atoms with E-state index in [2.05, 4.69) is 15.4 Å². The average molecular weight is 509 g/mol. The molecular formula is C26H28N4O5S. The highest BCUT2D eigenvalue weighted by Gasteiger charge is 2.31. The fraction of sp³-hybridized carbons (Fsp3) is 0.308. The number of cyclic esters (lactones) is 1. The summed E-state index contributed by atoms with van der Waals surface area (Å²) in [5.74, 6) is 0.903. The molecule has 0 bridgehead atoms. The number of ether oxygens (including phenoxy) is 3. The lowest BCUT2D eigenvalue weighted by Crippen LogP contribution is -2.41. The van der Waals surface area contributed by atoms with Crippen molar-refractivity contribution in [2.75, 3.05) is 19.5 Å². The largest absolute Gasteiger partial charge is 0.493 e. The van der Waals surface area contributed by atoms with Gasteiger partial charge in [-0.25, -0.2) is 9.78 Å². The highest BCUT2D eigenvalue weighted by molar-refractivity contribution is 7.13. The van der Waals surface area contributed by atoms with Crippen LogP contribution in [0.2, 0.25) is 0 Å². The predicted molar refractivity (Wildman–Crippen MR) is 138 cm³/mol. The Bertz CT molecular complexity index is 1320. The molecule has 36 heavy (non-hydrogen) atoms. The summed E-state index contributed by atoms with van der Waals surface area (Å²) in [6.45, 7) is 5.71. The van der Waals surface area contributed by atoms with Gasteiger partial charge in [0, 0.05) is 11.3 Å². The number of aryl methyl sites for hydroxylation is 2. The maximum absolute atomic E-state index is 12.9. The number of aromatic nitrogens is 1. The number of nitrogens with one attached hydrogen (secondary N) is 1. The van der Waals surface area contributed by atoms with E-state index in [1.165, 1.54) is 16.3 Å². The van der Waals surface area contributed by atoms with Crippen LogP contribution in [0.15, 0.2) is 47.6 Å². The van der Waals surface area contributed by atoms with Crippen LogP contribution in [-0.2, 0) is 11.3 Å². The van der Waals surface area contributed by atoms with E-state index in [0.29, 0.717) is 45.5 Å². The van der Waals surface area contributed by atoms with Crippen molar-refractivity contribution in [1.82, 2.24) is 9.99 Å². The van der Waals surface area contributed by atoms with E-state index in [1.807, 2.05) is 51.1 Å². The Morgan fingerprint density at radius 3 is 2.56 bits per heavy atom. The second kappa shape index (κ2) is 10.8. The molecule has 2 aromatic carbocycles. The van der Waals surface area contributed by atoms with Gasteiger partial charge in [0.25, 0.3) is 5.91 Å². The van der Waals surface area contributed by atoms with Crippen molar-refractivity contribution in [3.63, 3.8) is 0 Å². The molecule has 2 amide bonds. The zero-order chi connectivity index (χ0) is 25.8. The van der Waals surface area contributed by atoms with Crippen LogP contribution in [0, 0.1) is 13.8 Å². The Morgan fingerprint density at radius 2 is 1.89 bits per heavy atom. The van der Waals surface area contributed by atoms with Gasteiger partial charge in [-0.05, 0) is 50.1 Å². The molecule has 1 aliphatic heterocycles. The van der Waals surface area contributed by atoms with Gasteiger partial charge in [-0.1, -0.05) is 25.1 Å². The molecule has 0 aliphatic carbocycles. The summed E-state index contributed by atoms with van der Waals surface area (Å²) in [6, 6.07) is 12.8. The summed E-state index contributed by atoms with van der Waals surface area (Å²) < 4.78 is 16.5. The first kappa shape index (κ1) is 25.2. The Morgan fingerprint density at radius 1 is 1.14 bits per heavy atom. The number of methoxy groups -OCH3 is 2. The maximum Gasteiger partial charge on any atom is 0.431 e. The zero-order valence-electron chi connectivity index (χ0n) is 20.8. The number of amides is 2. The molecule has 1 atom stereocenters. The number of benzene rings is 2. The molecule has 4 rings (SSSR count). The molecule has 1 aromatic heterocycles. The van der Waals surface area contributed by atoms with E-state index >= 15 is 0 Å². The summed E-state index contributed by atoms with van der Waals surface area (Å²) in [5.41, 5.74) is 3.35. The van der Waals surface area contributed by atoms with Crippen molar-refractivity contribution < 1.29 is 23.8 Å². The van der Waals surface area contributed by atoms with Gasteiger partial charge in [-0.15, -0.1) is 11.3 Å². The average Bonchev–Trinajstić information content (AvgIpc) is 3.23. The first-order chi connectivity index (χ1) is 17.3. The van der Waals surface area contributed by atoms with Crippen molar-refractivity contribution in [3.05, 3.63) is 69.2 Å². The van der Waals surface area contributed by atoms with E-state index in [4.69, 9.17) is 14.2 Å². The van der Waals surface area contributed by atoms with E-state index in [1.54, 1.807) is 26.4 Å². The molecule has 0 saturated heterocycles. The van der Waals surface area contributed by atoms with Crippen molar-refractivity contribution in [1.29, 1.82) is 0 Å². The molecule has 10 heteroatoms. The maximum atomic E-state index is 12.9. The Kier molecular flexibility index (Phi) is 7.54. The van der Waals surface area contributed by atoms with E-state index < -0.39 is 12.2 Å². The van der Waals surface area contributed by atoms with Crippen LogP contribution >= 0.6 is 11.3 Å². The van der Waals surface area contributed by atoms with Crippen molar-refractivity contribution in [2.24, 2.45) is 5.10 Å². The van der Waals surface area contributed by atoms with Crippen LogP contribution in [0.1, 0.15) is 44.8 Å². The van der Waals surface area contributed by atoms with Crippen molar-refractivity contribution in [2.45, 2.75) is 39.8 Å². The van der Waals surface area contributed by atoms with Gasteiger partial charge in [-0.2, -0.15) is 10.1 Å². The quantitative estimate of drug-likeness (QED) is 0.451. The summed E-state index contributed by atoms with van der Waals surface area (Å²) in [6.07, 6.45) is -0.493. The summed E-state index contributed by atoms with van der Waals surface area (Å²) in [5, 5.41) is 9.71. The topological polar surface area (TPSA) is 102 Å². The first-order valence-electron chi connectivity index (χ1n) is 11.5. The van der Waals surface area contributed by atoms with Gasteiger partial charge in [0.2, 0.25) is 0 Å². The van der Waals surface area contributed by atoms with Crippen LogP contribution in [0.4, 0.5) is 10.5 Å². The van der Waals surface area contributed by atoms with Crippen molar-refractivity contribution >= 4 is 34.7 Å². The highest BCUT2D eigenvalue weighted by atomic mass is 32.1. The number of para-hydroxylation sites is 1. The minimum Gasteiger partial charge on any atom is -0.493 e. The minimum atomic E-state index is -0.555. The monoisotopic (exact) mass is 508 g/mol.